The highest BCUT2D eigenvalue weighted by molar-refractivity contribution is 8.01. The van der Waals surface area contributed by atoms with Gasteiger partial charge in [-0.2, -0.15) is 0 Å². The molecule has 0 radical (unpaired) electrons. The molecule has 2 heterocycles. The van der Waals surface area contributed by atoms with Crippen molar-refractivity contribution in [3.8, 4) is 0 Å². The van der Waals surface area contributed by atoms with Gasteiger partial charge in [-0.25, -0.2) is 9.59 Å². The predicted molar refractivity (Wildman–Crippen MR) is 123 cm³/mol. The molecule has 5 heteroatoms. The largest absolute Gasteiger partial charge is 0.454 e. The predicted octanol–water partition coefficient (Wildman–Crippen LogP) is 4.89. The lowest BCUT2D eigenvalue weighted by molar-refractivity contribution is -0.0490. The minimum absolute atomic E-state index is 0.0786. The van der Waals surface area contributed by atoms with E-state index in [2.05, 4.69) is 24.3 Å². The molecule has 6 atom stereocenters. The van der Waals surface area contributed by atoms with Crippen LogP contribution in [-0.4, -0.2) is 34.6 Å². The van der Waals surface area contributed by atoms with Gasteiger partial charge in [-0.1, -0.05) is 60.7 Å². The Hall–Kier alpha value is -3.05. The van der Waals surface area contributed by atoms with Crippen LogP contribution in [0.15, 0.2) is 84.9 Å². The molecule has 2 bridgehead atoms. The number of esters is 2. The third-order valence-corrected chi connectivity index (χ3v) is 8.71. The van der Waals surface area contributed by atoms with E-state index < -0.39 is 12.2 Å². The third-order valence-electron chi connectivity index (χ3n) is 6.90. The van der Waals surface area contributed by atoms with Gasteiger partial charge in [-0.15, -0.1) is 11.8 Å². The zero-order valence-electron chi connectivity index (χ0n) is 17.3. The van der Waals surface area contributed by atoms with Gasteiger partial charge < -0.3 is 9.47 Å². The lowest BCUT2D eigenvalue weighted by Crippen LogP contribution is -2.49. The Morgan fingerprint density at radius 3 is 1.84 bits per heavy atom. The van der Waals surface area contributed by atoms with Gasteiger partial charge in [0.1, 0.15) is 0 Å². The molecule has 3 aromatic carbocycles. The van der Waals surface area contributed by atoms with E-state index in [0.29, 0.717) is 23.0 Å². The fourth-order valence-corrected chi connectivity index (χ4v) is 7.62. The first kappa shape index (κ1) is 19.6. The first-order valence-electron chi connectivity index (χ1n) is 11.0. The molecule has 6 rings (SSSR count). The lowest BCUT2D eigenvalue weighted by Gasteiger charge is -2.36. The van der Waals surface area contributed by atoms with Crippen molar-refractivity contribution in [2.24, 2.45) is 5.92 Å². The topological polar surface area (TPSA) is 52.6 Å². The Labute approximate surface area is 190 Å². The average molecular weight is 443 g/mol. The first-order chi connectivity index (χ1) is 15.7. The highest BCUT2D eigenvalue weighted by Gasteiger charge is 2.64. The maximum atomic E-state index is 12.9. The summed E-state index contributed by atoms with van der Waals surface area (Å²) >= 11 is 1.82. The fraction of sp³-hybridized carbons (Fsp3) is 0.259. The van der Waals surface area contributed by atoms with Gasteiger partial charge in [-0.05, 0) is 47.7 Å². The summed E-state index contributed by atoms with van der Waals surface area (Å²) in [5.41, 5.74) is 3.74. The van der Waals surface area contributed by atoms with Crippen LogP contribution in [0.25, 0.3) is 0 Å². The number of hydrogen-bond acceptors (Lipinski definition) is 5. The number of carbonyl (C=O) groups is 2. The summed E-state index contributed by atoms with van der Waals surface area (Å²) in [6, 6.07) is 26.6. The molecule has 6 unspecified atom stereocenters. The summed E-state index contributed by atoms with van der Waals surface area (Å²) in [5.74, 6) is -0.0204. The summed E-state index contributed by atoms with van der Waals surface area (Å²) < 4.78 is 12.1. The molecule has 160 valence electrons. The van der Waals surface area contributed by atoms with E-state index in [9.17, 15) is 9.59 Å². The quantitative estimate of drug-likeness (QED) is 0.539. The Bertz CT molecular complexity index is 1160. The molecule has 2 fully saturated rings. The Kier molecular flexibility index (Phi) is 4.80. The van der Waals surface area contributed by atoms with Crippen LogP contribution in [0.4, 0.5) is 0 Å². The van der Waals surface area contributed by atoms with Gasteiger partial charge in [0.2, 0.25) is 0 Å². The van der Waals surface area contributed by atoms with E-state index >= 15 is 0 Å². The first-order valence-corrected chi connectivity index (χ1v) is 11.9. The van der Waals surface area contributed by atoms with E-state index in [-0.39, 0.29) is 22.4 Å². The molecule has 0 aromatic heterocycles. The maximum Gasteiger partial charge on any atom is 0.338 e. The van der Waals surface area contributed by atoms with Gasteiger partial charge >= 0.3 is 11.9 Å². The Morgan fingerprint density at radius 2 is 1.22 bits per heavy atom. The molecule has 0 amide bonds. The number of benzene rings is 3. The van der Waals surface area contributed by atoms with Crippen LogP contribution >= 0.6 is 11.8 Å². The van der Waals surface area contributed by atoms with E-state index in [1.807, 2.05) is 48.2 Å². The summed E-state index contributed by atoms with van der Waals surface area (Å²) in [6.45, 7) is 0. The van der Waals surface area contributed by atoms with Crippen molar-refractivity contribution in [3.63, 3.8) is 0 Å². The number of thioether (sulfide) groups is 1. The van der Waals surface area contributed by atoms with E-state index in [1.54, 1.807) is 24.3 Å². The summed E-state index contributed by atoms with van der Waals surface area (Å²) in [6.07, 6.45) is 0.0482. The summed E-state index contributed by atoms with van der Waals surface area (Å²) in [7, 11) is 0. The second-order valence-corrected chi connectivity index (χ2v) is 9.99. The van der Waals surface area contributed by atoms with Crippen LogP contribution in [0.2, 0.25) is 0 Å². The molecule has 2 aliphatic heterocycles. The number of carbonyl (C=O) groups excluding carboxylic acids is 2. The Morgan fingerprint density at radius 1 is 0.688 bits per heavy atom. The van der Waals surface area contributed by atoms with Crippen LogP contribution in [0.1, 0.15) is 37.8 Å². The van der Waals surface area contributed by atoms with Crippen molar-refractivity contribution in [1.82, 2.24) is 0 Å². The molecule has 0 spiro atoms. The van der Waals surface area contributed by atoms with Crippen molar-refractivity contribution >= 4 is 23.7 Å². The second kappa shape index (κ2) is 7.82. The molecule has 32 heavy (non-hydrogen) atoms. The summed E-state index contributed by atoms with van der Waals surface area (Å²) in [4.78, 5) is 25.9. The smallest absolute Gasteiger partial charge is 0.338 e. The minimum Gasteiger partial charge on any atom is -0.454 e. The van der Waals surface area contributed by atoms with Gasteiger partial charge in [0.15, 0.2) is 12.2 Å². The van der Waals surface area contributed by atoms with Crippen LogP contribution in [0, 0.1) is 5.92 Å². The Balaban J connectivity index is 1.32. The molecule has 0 saturated carbocycles. The molecule has 0 N–H and O–H groups in total. The monoisotopic (exact) mass is 442 g/mol. The van der Waals surface area contributed by atoms with Crippen LogP contribution in [0.3, 0.4) is 0 Å². The lowest BCUT2D eigenvalue weighted by atomic mass is 9.76. The number of rotatable bonds is 4. The fourth-order valence-electron chi connectivity index (χ4n) is 5.54. The van der Waals surface area contributed by atoms with Crippen molar-refractivity contribution in [2.45, 2.75) is 35.0 Å². The van der Waals surface area contributed by atoms with Crippen molar-refractivity contribution in [1.29, 1.82) is 0 Å². The number of ether oxygens (including phenoxy) is 2. The molecule has 3 aliphatic rings. The molecular weight excluding hydrogens is 420 g/mol. The normalized spacial score (nSPS) is 29.2. The molecular formula is C27H22O4S. The summed E-state index contributed by atoms with van der Waals surface area (Å²) in [5, 5.41) is 0.188. The van der Waals surface area contributed by atoms with Gasteiger partial charge in [0, 0.05) is 11.2 Å². The zero-order chi connectivity index (χ0) is 21.7. The van der Waals surface area contributed by atoms with Gasteiger partial charge in [-0.3, -0.25) is 0 Å². The van der Waals surface area contributed by atoms with Crippen molar-refractivity contribution in [3.05, 3.63) is 107 Å². The maximum absolute atomic E-state index is 12.9. The van der Waals surface area contributed by atoms with Crippen molar-refractivity contribution < 1.29 is 19.1 Å². The van der Waals surface area contributed by atoms with Crippen LogP contribution in [-0.2, 0) is 15.9 Å². The van der Waals surface area contributed by atoms with Crippen LogP contribution < -0.4 is 0 Å². The highest BCUT2D eigenvalue weighted by atomic mass is 32.2. The van der Waals surface area contributed by atoms with Gasteiger partial charge in [0.25, 0.3) is 0 Å². The SMILES string of the molecule is O=C(OC1C(OC(=O)c2ccccc2)C2SC1C1Cc3ccccc3C12)c1ccccc1. The number of hydrogen-bond donors (Lipinski definition) is 0. The van der Waals surface area contributed by atoms with Gasteiger partial charge in [0.05, 0.1) is 16.4 Å². The molecule has 3 aromatic rings. The van der Waals surface area contributed by atoms with E-state index in [0.717, 1.165) is 6.42 Å². The second-order valence-electron chi connectivity index (χ2n) is 8.63. The van der Waals surface area contributed by atoms with E-state index in [1.165, 1.54) is 11.1 Å². The minimum atomic E-state index is -0.474. The van der Waals surface area contributed by atoms with Crippen molar-refractivity contribution in [2.75, 3.05) is 0 Å². The third kappa shape index (κ3) is 3.15. The molecule has 2 saturated heterocycles. The molecule has 4 nitrogen and oxygen atoms in total. The zero-order valence-corrected chi connectivity index (χ0v) is 18.1. The van der Waals surface area contributed by atoms with E-state index in [4.69, 9.17) is 9.47 Å². The molecule has 1 aliphatic carbocycles. The number of fused-ring (bicyclic) bond motifs is 7. The highest BCUT2D eigenvalue weighted by Crippen LogP contribution is 2.62. The average Bonchev–Trinajstić information content (AvgIpc) is 3.50. The standard InChI is InChI=1S/C27H22O4S/c28-26(16-9-3-1-4-10-16)30-22-23(31-27(29)17-11-5-2-6-12-17)25-21-19-14-8-7-13-18(19)15-20(21)24(22)32-25/h1-14,20-25H,15H2. The van der Waals surface area contributed by atoms with Crippen LogP contribution in [0.5, 0.6) is 0 Å².